The molecule has 0 aliphatic rings. The molecule has 2 aromatic carbocycles. The Labute approximate surface area is 150 Å². The molecule has 130 valence electrons. The molecule has 0 unspecified atom stereocenters. The Morgan fingerprint density at radius 3 is 2.60 bits per heavy atom. The molecular formula is C18H17ClFN3O2. The van der Waals surface area contributed by atoms with E-state index in [2.05, 4.69) is 10.1 Å². The number of methoxy groups -OCH3 is 1. The molecule has 3 rings (SSSR count). The van der Waals surface area contributed by atoms with Crippen LogP contribution in [0.25, 0.3) is 11.4 Å². The Balaban J connectivity index is 1.68. The van der Waals surface area contributed by atoms with Crippen LogP contribution in [0.4, 0.5) is 4.39 Å². The van der Waals surface area contributed by atoms with Crippen LogP contribution in [0, 0.1) is 5.82 Å². The lowest BCUT2D eigenvalue weighted by Crippen LogP contribution is -2.18. The Hall–Kier alpha value is -2.44. The zero-order chi connectivity index (χ0) is 17.8. The van der Waals surface area contributed by atoms with E-state index >= 15 is 0 Å². The molecule has 3 aromatic rings. The highest BCUT2D eigenvalue weighted by Gasteiger charge is 2.14. The lowest BCUT2D eigenvalue weighted by atomic mass is 10.2. The normalized spacial score (nSPS) is 11.1. The van der Waals surface area contributed by atoms with Crippen LogP contribution in [0.2, 0.25) is 5.02 Å². The molecule has 0 aliphatic carbocycles. The fourth-order valence-corrected chi connectivity index (χ4v) is 2.64. The van der Waals surface area contributed by atoms with Crippen LogP contribution in [0.3, 0.4) is 0 Å². The van der Waals surface area contributed by atoms with E-state index in [1.807, 2.05) is 36.2 Å². The minimum absolute atomic E-state index is 0.330. The van der Waals surface area contributed by atoms with Gasteiger partial charge in [-0.15, -0.1) is 0 Å². The van der Waals surface area contributed by atoms with Crippen molar-refractivity contribution >= 4 is 11.6 Å². The number of aromatic nitrogens is 2. The zero-order valence-corrected chi connectivity index (χ0v) is 14.6. The summed E-state index contributed by atoms with van der Waals surface area (Å²) < 4.78 is 24.3. The third-order valence-electron chi connectivity index (χ3n) is 3.71. The van der Waals surface area contributed by atoms with E-state index in [0.717, 1.165) is 11.3 Å². The molecule has 0 bridgehead atoms. The van der Waals surface area contributed by atoms with Gasteiger partial charge in [0.1, 0.15) is 11.6 Å². The molecule has 0 saturated carbocycles. The smallest absolute Gasteiger partial charge is 0.241 e. The summed E-state index contributed by atoms with van der Waals surface area (Å²) in [7, 11) is 3.44. The molecule has 0 atom stereocenters. The molecule has 0 spiro atoms. The number of ether oxygens (including phenoxy) is 1. The van der Waals surface area contributed by atoms with Gasteiger partial charge in [0.05, 0.1) is 13.7 Å². The van der Waals surface area contributed by atoms with Gasteiger partial charge in [-0.3, -0.25) is 4.90 Å². The second kappa shape index (κ2) is 7.63. The summed E-state index contributed by atoms with van der Waals surface area (Å²) in [6, 6.07) is 12.0. The van der Waals surface area contributed by atoms with Gasteiger partial charge in [0.15, 0.2) is 0 Å². The van der Waals surface area contributed by atoms with Crippen molar-refractivity contribution in [3.8, 4) is 17.1 Å². The van der Waals surface area contributed by atoms with Gasteiger partial charge < -0.3 is 9.26 Å². The van der Waals surface area contributed by atoms with Crippen molar-refractivity contribution in [3.63, 3.8) is 0 Å². The minimum atomic E-state index is -0.330. The van der Waals surface area contributed by atoms with Gasteiger partial charge >= 0.3 is 0 Å². The van der Waals surface area contributed by atoms with Crippen LogP contribution in [0.5, 0.6) is 5.75 Å². The summed E-state index contributed by atoms with van der Waals surface area (Å²) in [5.74, 6) is 1.37. The van der Waals surface area contributed by atoms with E-state index in [9.17, 15) is 4.39 Å². The van der Waals surface area contributed by atoms with E-state index in [1.54, 1.807) is 19.2 Å². The van der Waals surface area contributed by atoms with Crippen molar-refractivity contribution in [2.45, 2.75) is 13.1 Å². The van der Waals surface area contributed by atoms with Gasteiger partial charge in [-0.1, -0.05) is 22.8 Å². The number of halogens is 2. The van der Waals surface area contributed by atoms with Crippen molar-refractivity contribution in [3.05, 3.63) is 64.8 Å². The molecule has 0 fully saturated rings. The SMILES string of the molecule is COc1ccc(-c2noc(CN(C)Cc3c(F)cccc3Cl)n2)cc1. The molecule has 5 nitrogen and oxygen atoms in total. The summed E-state index contributed by atoms with van der Waals surface area (Å²) in [6.07, 6.45) is 0. The molecule has 1 heterocycles. The summed E-state index contributed by atoms with van der Waals surface area (Å²) in [5.41, 5.74) is 1.28. The highest BCUT2D eigenvalue weighted by atomic mass is 35.5. The quantitative estimate of drug-likeness (QED) is 0.659. The van der Waals surface area contributed by atoms with E-state index in [-0.39, 0.29) is 5.82 Å². The van der Waals surface area contributed by atoms with Crippen LogP contribution < -0.4 is 4.74 Å². The maximum absolute atomic E-state index is 13.9. The molecule has 7 heteroatoms. The van der Waals surface area contributed by atoms with Gasteiger partial charge in [0, 0.05) is 22.7 Å². The third-order valence-corrected chi connectivity index (χ3v) is 4.07. The summed E-state index contributed by atoms with van der Waals surface area (Å²) in [6.45, 7) is 0.722. The lowest BCUT2D eigenvalue weighted by molar-refractivity contribution is 0.258. The maximum atomic E-state index is 13.9. The second-order valence-corrected chi connectivity index (χ2v) is 6.02. The van der Waals surface area contributed by atoms with Gasteiger partial charge in [0.2, 0.25) is 11.7 Å². The number of hydrogen-bond acceptors (Lipinski definition) is 5. The highest BCUT2D eigenvalue weighted by Crippen LogP contribution is 2.22. The monoisotopic (exact) mass is 361 g/mol. The zero-order valence-electron chi connectivity index (χ0n) is 13.9. The Morgan fingerprint density at radius 1 is 1.16 bits per heavy atom. The predicted octanol–water partition coefficient (Wildman–Crippen LogP) is 4.17. The van der Waals surface area contributed by atoms with Crippen LogP contribution >= 0.6 is 11.6 Å². The van der Waals surface area contributed by atoms with Crippen LogP contribution in [-0.2, 0) is 13.1 Å². The van der Waals surface area contributed by atoms with Crippen molar-refractivity contribution in [1.82, 2.24) is 15.0 Å². The molecule has 0 N–H and O–H groups in total. The largest absolute Gasteiger partial charge is 0.497 e. The number of rotatable bonds is 6. The van der Waals surface area contributed by atoms with Crippen LogP contribution in [0.15, 0.2) is 47.0 Å². The van der Waals surface area contributed by atoms with Gasteiger partial charge in [-0.2, -0.15) is 4.98 Å². The van der Waals surface area contributed by atoms with Crippen molar-refractivity contribution in [2.24, 2.45) is 0 Å². The molecule has 0 radical (unpaired) electrons. The number of hydrogen-bond donors (Lipinski definition) is 0. The maximum Gasteiger partial charge on any atom is 0.241 e. The molecular weight excluding hydrogens is 345 g/mol. The van der Waals surface area contributed by atoms with Crippen LogP contribution in [-0.4, -0.2) is 29.2 Å². The Bertz CT molecular complexity index is 832. The third kappa shape index (κ3) is 4.15. The molecule has 25 heavy (non-hydrogen) atoms. The van der Waals surface area contributed by atoms with Crippen LogP contribution in [0.1, 0.15) is 11.5 Å². The highest BCUT2D eigenvalue weighted by molar-refractivity contribution is 6.31. The fraction of sp³-hybridized carbons (Fsp3) is 0.222. The van der Waals surface area contributed by atoms with Crippen molar-refractivity contribution < 1.29 is 13.7 Å². The first kappa shape index (κ1) is 17.4. The molecule has 0 aliphatic heterocycles. The predicted molar refractivity (Wildman–Crippen MR) is 92.9 cm³/mol. The second-order valence-electron chi connectivity index (χ2n) is 5.61. The summed E-state index contributed by atoms with van der Waals surface area (Å²) >= 11 is 6.06. The summed E-state index contributed by atoms with van der Waals surface area (Å²) in [4.78, 5) is 6.23. The van der Waals surface area contributed by atoms with E-state index in [0.29, 0.717) is 35.4 Å². The average molecular weight is 362 g/mol. The van der Waals surface area contributed by atoms with Crippen molar-refractivity contribution in [1.29, 1.82) is 0 Å². The first-order chi connectivity index (χ1) is 12.1. The number of benzene rings is 2. The standard InChI is InChI=1S/C18H17ClFN3O2/c1-23(10-14-15(19)4-3-5-16(14)20)11-17-21-18(22-25-17)12-6-8-13(24-2)9-7-12/h3-9H,10-11H2,1-2H3. The first-order valence-electron chi connectivity index (χ1n) is 7.65. The van der Waals surface area contributed by atoms with E-state index in [4.69, 9.17) is 20.9 Å². The Kier molecular flexibility index (Phi) is 5.31. The first-order valence-corrected chi connectivity index (χ1v) is 8.03. The van der Waals surface area contributed by atoms with E-state index in [1.165, 1.54) is 6.07 Å². The fourth-order valence-electron chi connectivity index (χ4n) is 2.42. The van der Waals surface area contributed by atoms with Gasteiger partial charge in [-0.05, 0) is 43.4 Å². The topological polar surface area (TPSA) is 51.4 Å². The van der Waals surface area contributed by atoms with Crippen molar-refractivity contribution in [2.75, 3.05) is 14.2 Å². The summed E-state index contributed by atoms with van der Waals surface area (Å²) in [5, 5.41) is 4.38. The van der Waals surface area contributed by atoms with E-state index < -0.39 is 0 Å². The Morgan fingerprint density at radius 2 is 1.92 bits per heavy atom. The molecule has 0 amide bonds. The van der Waals surface area contributed by atoms with Gasteiger partial charge in [0.25, 0.3) is 0 Å². The minimum Gasteiger partial charge on any atom is -0.497 e. The molecule has 1 aromatic heterocycles. The van der Waals surface area contributed by atoms with Gasteiger partial charge in [-0.25, -0.2) is 4.39 Å². The lowest BCUT2D eigenvalue weighted by Gasteiger charge is -2.15. The molecule has 0 saturated heterocycles. The average Bonchev–Trinajstić information content (AvgIpc) is 3.07. The number of nitrogens with zero attached hydrogens (tertiary/aromatic N) is 3.